The van der Waals surface area contributed by atoms with Crippen molar-refractivity contribution in [1.82, 2.24) is 9.55 Å². The largest absolute Gasteiger partial charge is 0.497 e. The maximum atomic E-state index is 8.51. The van der Waals surface area contributed by atoms with Crippen LogP contribution in [0.4, 0.5) is 0 Å². The molecule has 126 valence electrons. The molecule has 0 saturated carbocycles. The summed E-state index contributed by atoms with van der Waals surface area (Å²) >= 11 is 6.05. The zero-order valence-corrected chi connectivity index (χ0v) is 14.5. The molecule has 0 saturated heterocycles. The van der Waals surface area contributed by atoms with E-state index >= 15 is 0 Å². The molecule has 0 bridgehead atoms. The molecule has 6 heteroatoms. The number of rotatable bonds is 2. The van der Waals surface area contributed by atoms with Crippen LogP contribution in [0.2, 0.25) is 5.02 Å². The molecular formula is C19H16ClN3O2. The highest BCUT2D eigenvalue weighted by molar-refractivity contribution is 6.30. The van der Waals surface area contributed by atoms with Gasteiger partial charge in [0, 0.05) is 29.6 Å². The average Bonchev–Trinajstić information content (AvgIpc) is 2.63. The van der Waals surface area contributed by atoms with E-state index in [4.69, 9.17) is 26.5 Å². The summed E-state index contributed by atoms with van der Waals surface area (Å²) in [5.41, 5.74) is 3.11. The molecule has 0 fully saturated rings. The number of hydrogen-bond donors (Lipinski definition) is 1. The second-order valence-electron chi connectivity index (χ2n) is 5.91. The lowest BCUT2D eigenvalue weighted by Gasteiger charge is -2.28. The van der Waals surface area contributed by atoms with Crippen molar-refractivity contribution in [3.05, 3.63) is 76.0 Å². The van der Waals surface area contributed by atoms with Gasteiger partial charge in [0.25, 0.3) is 0 Å². The third-order valence-electron chi connectivity index (χ3n) is 4.42. The molecular weight excluding hydrogens is 338 g/mol. The molecule has 1 N–H and O–H groups in total. The summed E-state index contributed by atoms with van der Waals surface area (Å²) in [6, 6.07) is 13.4. The molecule has 1 atom stereocenters. The Kier molecular flexibility index (Phi) is 3.73. The van der Waals surface area contributed by atoms with Gasteiger partial charge in [0.2, 0.25) is 5.88 Å². The van der Waals surface area contributed by atoms with Gasteiger partial charge in [-0.25, -0.2) is 4.98 Å². The fourth-order valence-corrected chi connectivity index (χ4v) is 3.25. The number of ether oxygens (including phenoxy) is 2. The first kappa shape index (κ1) is 15.7. The van der Waals surface area contributed by atoms with Crippen molar-refractivity contribution in [1.29, 1.82) is 5.41 Å². The number of hydrogen-bond acceptors (Lipinski definition) is 4. The van der Waals surface area contributed by atoms with Crippen LogP contribution in [0, 0.1) is 5.41 Å². The van der Waals surface area contributed by atoms with Gasteiger partial charge >= 0.3 is 0 Å². The topological polar surface area (TPSA) is 60.1 Å². The first-order valence-electron chi connectivity index (χ1n) is 7.80. The van der Waals surface area contributed by atoms with Crippen LogP contribution in [0.15, 0.2) is 48.8 Å². The Bertz CT molecular complexity index is 1010. The average molecular weight is 354 g/mol. The summed E-state index contributed by atoms with van der Waals surface area (Å²) < 4.78 is 13.0. The number of benzene rings is 2. The van der Waals surface area contributed by atoms with E-state index in [9.17, 15) is 0 Å². The van der Waals surface area contributed by atoms with Gasteiger partial charge in [-0.15, -0.1) is 0 Å². The standard InChI is InChI=1S/C19H16ClN3O2/c1-23-10-22-19-17(18(23)21)16(11-3-5-12(20)6-4-11)14-8-7-13(24-2)9-15(14)25-19/h3-10,16,21H,1-2H3. The number of methoxy groups -OCH3 is 1. The number of halogens is 1. The molecule has 2 heterocycles. The van der Waals surface area contributed by atoms with Crippen molar-refractivity contribution in [2.75, 3.05) is 7.11 Å². The van der Waals surface area contributed by atoms with Crippen LogP contribution in [0.25, 0.3) is 0 Å². The molecule has 0 radical (unpaired) electrons. The fourth-order valence-electron chi connectivity index (χ4n) is 3.13. The Balaban J connectivity index is 2.00. The predicted octanol–water partition coefficient (Wildman–Crippen LogP) is 3.85. The minimum atomic E-state index is -0.158. The Hall–Kier alpha value is -2.79. The number of aromatic nitrogens is 2. The Morgan fingerprint density at radius 1 is 1.20 bits per heavy atom. The van der Waals surface area contributed by atoms with Crippen molar-refractivity contribution in [2.24, 2.45) is 7.05 Å². The predicted molar refractivity (Wildman–Crippen MR) is 94.5 cm³/mol. The van der Waals surface area contributed by atoms with Crippen LogP contribution in [0.1, 0.15) is 22.6 Å². The van der Waals surface area contributed by atoms with Crippen LogP contribution in [0.3, 0.4) is 0 Å². The summed E-state index contributed by atoms with van der Waals surface area (Å²) in [5.74, 6) is 1.69. The second-order valence-corrected chi connectivity index (χ2v) is 6.35. The number of fused-ring (bicyclic) bond motifs is 2. The van der Waals surface area contributed by atoms with Gasteiger partial charge in [0.1, 0.15) is 17.0 Å². The van der Waals surface area contributed by atoms with Crippen LogP contribution < -0.4 is 15.0 Å². The highest BCUT2D eigenvalue weighted by atomic mass is 35.5. The first-order valence-corrected chi connectivity index (χ1v) is 8.17. The molecule has 0 spiro atoms. The van der Waals surface area contributed by atoms with Gasteiger partial charge in [0.15, 0.2) is 0 Å². The molecule has 4 rings (SSSR count). The summed E-state index contributed by atoms with van der Waals surface area (Å²) in [6.07, 6.45) is 1.59. The van der Waals surface area contributed by atoms with Crippen molar-refractivity contribution < 1.29 is 9.47 Å². The van der Waals surface area contributed by atoms with Gasteiger partial charge in [-0.3, -0.25) is 5.41 Å². The van der Waals surface area contributed by atoms with Gasteiger partial charge in [-0.2, -0.15) is 0 Å². The molecule has 3 aromatic rings. The molecule has 1 unspecified atom stereocenters. The van der Waals surface area contributed by atoms with E-state index < -0.39 is 0 Å². The smallest absolute Gasteiger partial charge is 0.228 e. The van der Waals surface area contributed by atoms with Crippen LogP contribution in [0.5, 0.6) is 17.4 Å². The van der Waals surface area contributed by atoms with Crippen LogP contribution in [-0.2, 0) is 7.05 Å². The fraction of sp³-hybridized carbons (Fsp3) is 0.158. The maximum absolute atomic E-state index is 8.51. The molecule has 0 aliphatic carbocycles. The zero-order valence-electron chi connectivity index (χ0n) is 13.8. The Morgan fingerprint density at radius 3 is 2.68 bits per heavy atom. The normalized spacial score (nSPS) is 15.1. The van der Waals surface area contributed by atoms with E-state index in [0.717, 1.165) is 16.7 Å². The molecule has 1 aromatic heterocycles. The number of aryl methyl sites for hydroxylation is 1. The highest BCUT2D eigenvalue weighted by Gasteiger charge is 2.32. The molecule has 1 aliphatic rings. The molecule has 2 aromatic carbocycles. The van der Waals surface area contributed by atoms with E-state index in [0.29, 0.717) is 27.9 Å². The number of nitrogens with one attached hydrogen (secondary N) is 1. The first-order chi connectivity index (χ1) is 12.1. The second kappa shape index (κ2) is 5.93. The van der Waals surface area contributed by atoms with Crippen LogP contribution >= 0.6 is 11.6 Å². The third-order valence-corrected chi connectivity index (χ3v) is 4.67. The lowest BCUT2D eigenvalue weighted by Crippen LogP contribution is -2.28. The SMILES string of the molecule is COc1ccc2c(c1)Oc1ncn(C)c(=N)c1C2c1ccc(Cl)cc1. The van der Waals surface area contributed by atoms with E-state index in [1.54, 1.807) is 25.1 Å². The Morgan fingerprint density at radius 2 is 1.96 bits per heavy atom. The Labute approximate surface area is 149 Å². The maximum Gasteiger partial charge on any atom is 0.228 e. The van der Waals surface area contributed by atoms with E-state index in [1.807, 2.05) is 42.5 Å². The monoisotopic (exact) mass is 353 g/mol. The third kappa shape index (κ3) is 2.57. The molecule has 0 amide bonds. The van der Waals surface area contributed by atoms with Gasteiger partial charge in [-0.05, 0) is 23.8 Å². The quantitative estimate of drug-likeness (QED) is 0.595. The van der Waals surface area contributed by atoms with Crippen molar-refractivity contribution >= 4 is 11.6 Å². The summed E-state index contributed by atoms with van der Waals surface area (Å²) in [4.78, 5) is 4.38. The van der Waals surface area contributed by atoms with Crippen LogP contribution in [-0.4, -0.2) is 16.7 Å². The van der Waals surface area contributed by atoms with E-state index in [1.165, 1.54) is 0 Å². The molecule has 25 heavy (non-hydrogen) atoms. The number of nitrogens with zero attached hydrogens (tertiary/aromatic N) is 2. The van der Waals surface area contributed by atoms with Gasteiger partial charge in [-0.1, -0.05) is 29.8 Å². The summed E-state index contributed by atoms with van der Waals surface area (Å²) in [7, 11) is 3.42. The van der Waals surface area contributed by atoms with Crippen molar-refractivity contribution in [2.45, 2.75) is 5.92 Å². The lowest BCUT2D eigenvalue weighted by molar-refractivity contribution is 0.398. The van der Waals surface area contributed by atoms with E-state index in [2.05, 4.69) is 4.98 Å². The summed E-state index contributed by atoms with van der Waals surface area (Å²) in [6.45, 7) is 0. The minimum absolute atomic E-state index is 0.158. The lowest BCUT2D eigenvalue weighted by atomic mass is 9.84. The van der Waals surface area contributed by atoms with E-state index in [-0.39, 0.29) is 5.92 Å². The minimum Gasteiger partial charge on any atom is -0.497 e. The van der Waals surface area contributed by atoms with Crippen molar-refractivity contribution in [3.63, 3.8) is 0 Å². The molecule has 1 aliphatic heterocycles. The zero-order chi connectivity index (χ0) is 17.6. The molecule has 5 nitrogen and oxygen atoms in total. The van der Waals surface area contributed by atoms with Crippen molar-refractivity contribution in [3.8, 4) is 17.4 Å². The summed E-state index contributed by atoms with van der Waals surface area (Å²) in [5, 5.41) is 9.18. The highest BCUT2D eigenvalue weighted by Crippen LogP contribution is 2.46. The van der Waals surface area contributed by atoms with Gasteiger partial charge in [0.05, 0.1) is 19.0 Å². The van der Waals surface area contributed by atoms with Gasteiger partial charge < -0.3 is 14.0 Å².